The van der Waals surface area contributed by atoms with Crippen LogP contribution < -0.4 is 0 Å². The molecule has 0 radical (unpaired) electrons. The second kappa shape index (κ2) is 6.86. The summed E-state index contributed by atoms with van der Waals surface area (Å²) in [6.45, 7) is 3.61. The molecule has 2 aromatic heterocycles. The lowest BCUT2D eigenvalue weighted by Crippen LogP contribution is -2.51. The summed E-state index contributed by atoms with van der Waals surface area (Å²) in [5, 5.41) is 2.40. The second-order valence-electron chi connectivity index (χ2n) is 6.48. The van der Waals surface area contributed by atoms with E-state index in [1.54, 1.807) is 12.2 Å². The molecular formula is C17H21ClN4OS. The van der Waals surface area contributed by atoms with Crippen molar-refractivity contribution in [2.45, 2.75) is 31.7 Å². The van der Waals surface area contributed by atoms with Crippen LogP contribution in [0.25, 0.3) is 11.0 Å². The highest BCUT2D eigenvalue weighted by Crippen LogP contribution is 2.25. The molecule has 4 rings (SSSR count). The van der Waals surface area contributed by atoms with Crippen molar-refractivity contribution in [1.29, 1.82) is 0 Å². The third-order valence-electron chi connectivity index (χ3n) is 5.10. The largest absolute Gasteiger partial charge is 0.337 e. The molecule has 5 nitrogen and oxygen atoms in total. The number of carbonyl (C=O) groups is 1. The van der Waals surface area contributed by atoms with Gasteiger partial charge in [0, 0.05) is 49.9 Å². The maximum Gasteiger partial charge on any atom is 0.246 e. The summed E-state index contributed by atoms with van der Waals surface area (Å²) in [5.41, 5.74) is 0.769. The molecule has 0 unspecified atom stereocenters. The molecule has 2 aromatic rings. The third-order valence-corrected chi connectivity index (χ3v) is 6.14. The molecule has 0 atom stereocenters. The number of nitrogens with zero attached hydrogens (tertiary/aromatic N) is 4. The van der Waals surface area contributed by atoms with Gasteiger partial charge in [0.1, 0.15) is 0 Å². The molecule has 128 valence electrons. The second-order valence-corrected chi connectivity index (χ2v) is 7.71. The molecule has 24 heavy (non-hydrogen) atoms. The van der Waals surface area contributed by atoms with Crippen LogP contribution in [-0.4, -0.2) is 57.3 Å². The summed E-state index contributed by atoms with van der Waals surface area (Å²) in [7, 11) is 0. The van der Waals surface area contributed by atoms with Gasteiger partial charge >= 0.3 is 0 Å². The van der Waals surface area contributed by atoms with E-state index < -0.39 is 0 Å². The fraction of sp³-hybridized carbons (Fsp3) is 0.529. The number of piperazine rings is 1. The van der Waals surface area contributed by atoms with Gasteiger partial charge in [-0.25, -0.2) is 4.98 Å². The highest BCUT2D eigenvalue weighted by Gasteiger charge is 2.27. The summed E-state index contributed by atoms with van der Waals surface area (Å²) in [6, 6.07) is 0.746. The molecule has 0 N–H and O–H groups in total. The summed E-state index contributed by atoms with van der Waals surface area (Å²) in [5.74, 6) is 0.0577. The number of aromatic nitrogens is 2. The SMILES string of the molecule is O=C(/C=C/c1c(Cl)nc2sccn12)N1CCN(C2CCCC2)CC1. The number of fused-ring (bicyclic) bond motifs is 1. The van der Waals surface area contributed by atoms with Crippen LogP contribution in [0.3, 0.4) is 0 Å². The fourth-order valence-corrected chi connectivity index (χ4v) is 4.76. The molecule has 1 saturated heterocycles. The van der Waals surface area contributed by atoms with Crippen molar-refractivity contribution in [3.05, 3.63) is 28.5 Å². The van der Waals surface area contributed by atoms with E-state index in [0.29, 0.717) is 5.15 Å². The number of hydrogen-bond donors (Lipinski definition) is 0. The smallest absolute Gasteiger partial charge is 0.246 e. The number of halogens is 1. The Morgan fingerprint density at radius 1 is 1.25 bits per heavy atom. The van der Waals surface area contributed by atoms with Crippen molar-refractivity contribution in [3.8, 4) is 0 Å². The van der Waals surface area contributed by atoms with Gasteiger partial charge in [-0.3, -0.25) is 14.1 Å². The van der Waals surface area contributed by atoms with Gasteiger partial charge < -0.3 is 4.90 Å². The van der Waals surface area contributed by atoms with Crippen LogP contribution in [0.2, 0.25) is 5.15 Å². The Morgan fingerprint density at radius 3 is 2.75 bits per heavy atom. The first-order valence-corrected chi connectivity index (χ1v) is 9.80. The van der Waals surface area contributed by atoms with Gasteiger partial charge in [0.15, 0.2) is 10.1 Å². The minimum atomic E-state index is 0.0577. The molecule has 7 heteroatoms. The van der Waals surface area contributed by atoms with Crippen molar-refractivity contribution in [1.82, 2.24) is 19.2 Å². The van der Waals surface area contributed by atoms with Crippen LogP contribution >= 0.6 is 22.9 Å². The van der Waals surface area contributed by atoms with Gasteiger partial charge in [0.2, 0.25) is 5.91 Å². The van der Waals surface area contributed by atoms with Crippen LogP contribution in [0.4, 0.5) is 0 Å². The lowest BCUT2D eigenvalue weighted by atomic mass is 10.2. The van der Waals surface area contributed by atoms with E-state index in [-0.39, 0.29) is 5.91 Å². The standard InChI is InChI=1S/C17H21ClN4OS/c18-16-14(22-11-12-24-17(22)19-16)5-6-15(23)21-9-7-20(8-10-21)13-3-1-2-4-13/h5-6,11-13H,1-4,7-10H2/b6-5+. The van der Waals surface area contributed by atoms with Gasteiger partial charge in [-0.2, -0.15) is 0 Å². The van der Waals surface area contributed by atoms with Gasteiger partial charge in [0.25, 0.3) is 0 Å². The zero-order chi connectivity index (χ0) is 16.5. The van der Waals surface area contributed by atoms with Crippen LogP contribution in [-0.2, 0) is 4.79 Å². The Hall–Kier alpha value is -1.37. The van der Waals surface area contributed by atoms with Gasteiger partial charge in [-0.15, -0.1) is 11.3 Å². The molecule has 1 saturated carbocycles. The van der Waals surface area contributed by atoms with E-state index in [9.17, 15) is 4.79 Å². The molecule has 0 bridgehead atoms. The number of carbonyl (C=O) groups excluding carboxylic acids is 1. The predicted octanol–water partition coefficient (Wildman–Crippen LogP) is 3.15. The zero-order valence-corrected chi connectivity index (χ0v) is 15.1. The van der Waals surface area contributed by atoms with Gasteiger partial charge in [-0.1, -0.05) is 24.4 Å². The molecule has 1 amide bonds. The monoisotopic (exact) mass is 364 g/mol. The Bertz CT molecular complexity index is 754. The van der Waals surface area contributed by atoms with E-state index >= 15 is 0 Å². The van der Waals surface area contributed by atoms with Gasteiger partial charge in [0.05, 0.1) is 5.69 Å². The topological polar surface area (TPSA) is 40.9 Å². The third kappa shape index (κ3) is 3.10. The highest BCUT2D eigenvalue weighted by atomic mass is 35.5. The van der Waals surface area contributed by atoms with Gasteiger partial charge in [-0.05, 0) is 18.9 Å². The Morgan fingerprint density at radius 2 is 2.00 bits per heavy atom. The summed E-state index contributed by atoms with van der Waals surface area (Å²) < 4.78 is 1.91. The average molecular weight is 365 g/mol. The molecule has 1 aliphatic carbocycles. The lowest BCUT2D eigenvalue weighted by Gasteiger charge is -2.37. The average Bonchev–Trinajstić information content (AvgIpc) is 3.31. The van der Waals surface area contributed by atoms with Crippen molar-refractivity contribution in [3.63, 3.8) is 0 Å². The number of rotatable bonds is 3. The Balaban J connectivity index is 1.38. The molecule has 0 spiro atoms. The quantitative estimate of drug-likeness (QED) is 0.785. The molecule has 2 aliphatic rings. The maximum absolute atomic E-state index is 12.5. The van der Waals surface area contributed by atoms with Crippen molar-refractivity contribution in [2.75, 3.05) is 26.2 Å². The van der Waals surface area contributed by atoms with E-state index in [0.717, 1.165) is 42.9 Å². The molecule has 3 heterocycles. The molecule has 1 aliphatic heterocycles. The van der Waals surface area contributed by atoms with E-state index in [4.69, 9.17) is 11.6 Å². The first-order chi connectivity index (χ1) is 11.7. The Kier molecular flexibility index (Phi) is 4.61. The molecule has 2 fully saturated rings. The van der Waals surface area contributed by atoms with Crippen molar-refractivity contribution < 1.29 is 4.79 Å². The minimum absolute atomic E-state index is 0.0577. The van der Waals surface area contributed by atoms with Crippen LogP contribution in [0.15, 0.2) is 17.7 Å². The van der Waals surface area contributed by atoms with E-state index in [1.807, 2.05) is 20.9 Å². The molecular weight excluding hydrogens is 344 g/mol. The minimum Gasteiger partial charge on any atom is -0.337 e. The summed E-state index contributed by atoms with van der Waals surface area (Å²) >= 11 is 7.69. The van der Waals surface area contributed by atoms with E-state index in [1.165, 1.54) is 37.0 Å². The summed E-state index contributed by atoms with van der Waals surface area (Å²) in [4.78, 5) is 22.1. The number of hydrogen-bond acceptors (Lipinski definition) is 4. The lowest BCUT2D eigenvalue weighted by molar-refractivity contribution is -0.127. The molecule has 0 aromatic carbocycles. The predicted molar refractivity (Wildman–Crippen MR) is 97.5 cm³/mol. The highest BCUT2D eigenvalue weighted by molar-refractivity contribution is 7.15. The maximum atomic E-state index is 12.5. The number of imidazole rings is 1. The van der Waals surface area contributed by atoms with Crippen LogP contribution in [0.5, 0.6) is 0 Å². The van der Waals surface area contributed by atoms with Crippen LogP contribution in [0, 0.1) is 0 Å². The summed E-state index contributed by atoms with van der Waals surface area (Å²) in [6.07, 6.45) is 10.7. The number of amides is 1. The van der Waals surface area contributed by atoms with Crippen molar-refractivity contribution >= 4 is 39.9 Å². The normalized spacial score (nSPS) is 20.6. The fourth-order valence-electron chi connectivity index (χ4n) is 3.76. The first kappa shape index (κ1) is 16.1. The van der Waals surface area contributed by atoms with Crippen molar-refractivity contribution in [2.24, 2.45) is 0 Å². The number of thiazole rings is 1. The van der Waals surface area contributed by atoms with Crippen LogP contribution in [0.1, 0.15) is 31.4 Å². The first-order valence-electron chi connectivity index (χ1n) is 8.54. The van der Waals surface area contributed by atoms with E-state index in [2.05, 4.69) is 9.88 Å². The Labute approximate surface area is 150 Å². The zero-order valence-electron chi connectivity index (χ0n) is 13.5.